The van der Waals surface area contributed by atoms with Crippen LogP contribution in [0, 0.1) is 5.92 Å². The summed E-state index contributed by atoms with van der Waals surface area (Å²) in [6, 6.07) is 13.9. The van der Waals surface area contributed by atoms with E-state index in [0.29, 0.717) is 31.2 Å². The highest BCUT2D eigenvalue weighted by molar-refractivity contribution is 5.92. The van der Waals surface area contributed by atoms with E-state index in [2.05, 4.69) is 11.1 Å². The van der Waals surface area contributed by atoms with Crippen LogP contribution in [-0.4, -0.2) is 38.0 Å². The number of piperidine rings is 1. The zero-order valence-corrected chi connectivity index (χ0v) is 15.8. The summed E-state index contributed by atoms with van der Waals surface area (Å²) in [6.07, 6.45) is 4.30. The summed E-state index contributed by atoms with van der Waals surface area (Å²) < 4.78 is 3.68. The number of rotatable bonds is 2. The van der Waals surface area contributed by atoms with Crippen LogP contribution in [0.5, 0.6) is 0 Å². The van der Waals surface area contributed by atoms with E-state index < -0.39 is 0 Å². The molecule has 0 unspecified atom stereocenters. The van der Waals surface area contributed by atoms with Crippen LogP contribution in [0.3, 0.4) is 0 Å². The fraction of sp³-hybridized carbons (Fsp3) is 0.318. The number of aryl methyl sites for hydroxylation is 1. The van der Waals surface area contributed by atoms with Gasteiger partial charge < -0.3 is 14.0 Å². The van der Waals surface area contributed by atoms with Crippen LogP contribution >= 0.6 is 0 Å². The zero-order valence-electron chi connectivity index (χ0n) is 15.8. The summed E-state index contributed by atoms with van der Waals surface area (Å²) in [5.41, 5.74) is 3.70. The van der Waals surface area contributed by atoms with Crippen molar-refractivity contribution in [2.75, 3.05) is 13.1 Å². The predicted octanol–water partition coefficient (Wildman–Crippen LogP) is 2.51. The summed E-state index contributed by atoms with van der Waals surface area (Å²) in [5, 5.41) is 0. The van der Waals surface area contributed by atoms with Crippen LogP contribution in [-0.2, 0) is 13.6 Å². The van der Waals surface area contributed by atoms with Crippen LogP contribution in [0.25, 0.3) is 11.1 Å². The average Bonchev–Trinajstić information content (AvgIpc) is 3.14. The van der Waals surface area contributed by atoms with E-state index in [4.69, 9.17) is 0 Å². The van der Waals surface area contributed by atoms with Crippen LogP contribution < -0.4 is 5.56 Å². The summed E-state index contributed by atoms with van der Waals surface area (Å²) in [6.45, 7) is 2.00. The number of likely N-dealkylation sites (tertiary alicyclic amines) is 1. The lowest BCUT2D eigenvalue weighted by Crippen LogP contribution is -2.49. The predicted molar refractivity (Wildman–Crippen MR) is 106 cm³/mol. The maximum absolute atomic E-state index is 13.0. The van der Waals surface area contributed by atoms with Crippen molar-refractivity contribution in [1.29, 1.82) is 0 Å². The van der Waals surface area contributed by atoms with E-state index in [1.54, 1.807) is 23.2 Å². The second-order valence-electron chi connectivity index (χ2n) is 7.88. The molecule has 5 rings (SSSR count). The summed E-state index contributed by atoms with van der Waals surface area (Å²) in [5.74, 6) is 0.509. The van der Waals surface area contributed by atoms with E-state index in [1.807, 2.05) is 46.8 Å². The number of imidazole rings is 1. The molecule has 6 heteroatoms. The van der Waals surface area contributed by atoms with Gasteiger partial charge in [0, 0.05) is 44.4 Å². The molecule has 2 atom stereocenters. The van der Waals surface area contributed by atoms with Crippen molar-refractivity contribution >= 4 is 5.91 Å². The molecule has 0 radical (unpaired) electrons. The van der Waals surface area contributed by atoms with Crippen molar-refractivity contribution in [2.24, 2.45) is 13.0 Å². The molecule has 0 N–H and O–H groups in total. The maximum Gasteiger partial charge on any atom is 0.272 e. The Balaban J connectivity index is 1.50. The topological polar surface area (TPSA) is 60.1 Å². The van der Waals surface area contributed by atoms with Crippen LogP contribution in [0.1, 0.15) is 28.5 Å². The molecule has 1 amide bonds. The molecule has 28 heavy (non-hydrogen) atoms. The largest absolute Gasteiger partial charge is 0.336 e. The van der Waals surface area contributed by atoms with E-state index in [1.165, 1.54) is 0 Å². The highest BCUT2D eigenvalue weighted by Gasteiger charge is 2.37. The first-order valence-electron chi connectivity index (χ1n) is 9.66. The minimum Gasteiger partial charge on any atom is -0.336 e. The Morgan fingerprint density at radius 1 is 1.07 bits per heavy atom. The first-order chi connectivity index (χ1) is 13.6. The second-order valence-corrected chi connectivity index (χ2v) is 7.88. The summed E-state index contributed by atoms with van der Waals surface area (Å²) in [4.78, 5) is 31.8. The molecule has 2 aliphatic rings. The molecule has 1 aromatic carbocycles. The first-order valence-corrected chi connectivity index (χ1v) is 9.66. The van der Waals surface area contributed by atoms with Crippen LogP contribution in [0.4, 0.5) is 0 Å². The highest BCUT2D eigenvalue weighted by Crippen LogP contribution is 2.37. The van der Waals surface area contributed by atoms with E-state index in [0.717, 1.165) is 23.2 Å². The molecular weight excluding hydrogens is 352 g/mol. The molecule has 2 aliphatic heterocycles. The average molecular weight is 374 g/mol. The summed E-state index contributed by atoms with van der Waals surface area (Å²) in [7, 11) is 1.84. The SMILES string of the molecule is Cn1cncc1C(=O)N1C[C@@H]2C[C@H](C1)c1cc(-c3ccccc3)cc(=O)n1C2. The molecule has 0 spiro atoms. The molecular formula is C22H22N4O2. The van der Waals surface area contributed by atoms with Gasteiger partial charge in [-0.1, -0.05) is 30.3 Å². The maximum atomic E-state index is 13.0. The lowest BCUT2D eigenvalue weighted by molar-refractivity contribution is 0.0585. The standard InChI is InChI=1S/C22H22N4O2/c1-24-14-23-10-20(24)22(28)25-11-15-7-18(13-25)19-8-17(9-21(27)26(19)12-15)16-5-3-2-4-6-16/h2-6,8-10,14-15,18H,7,11-13H2,1H3/t15-,18+/m0/s1. The Morgan fingerprint density at radius 2 is 1.89 bits per heavy atom. The van der Waals surface area contributed by atoms with Crippen LogP contribution in [0.2, 0.25) is 0 Å². The smallest absolute Gasteiger partial charge is 0.272 e. The third kappa shape index (κ3) is 2.76. The van der Waals surface area contributed by atoms with Gasteiger partial charge in [-0.15, -0.1) is 0 Å². The van der Waals surface area contributed by atoms with Gasteiger partial charge in [0.1, 0.15) is 5.69 Å². The number of hydrogen-bond acceptors (Lipinski definition) is 3. The fourth-order valence-corrected chi connectivity index (χ4v) is 4.65. The molecule has 2 bridgehead atoms. The van der Waals surface area contributed by atoms with Gasteiger partial charge in [-0.3, -0.25) is 9.59 Å². The van der Waals surface area contributed by atoms with Gasteiger partial charge in [-0.25, -0.2) is 4.98 Å². The number of hydrogen-bond donors (Lipinski definition) is 0. The number of carbonyl (C=O) groups is 1. The van der Waals surface area contributed by atoms with Crippen molar-refractivity contribution in [3.8, 4) is 11.1 Å². The van der Waals surface area contributed by atoms with Gasteiger partial charge in [0.2, 0.25) is 0 Å². The zero-order chi connectivity index (χ0) is 19.3. The van der Waals surface area contributed by atoms with Crippen LogP contribution in [0.15, 0.2) is 59.8 Å². The van der Waals surface area contributed by atoms with Crippen molar-refractivity contribution in [3.05, 3.63) is 76.7 Å². The number of amides is 1. The van der Waals surface area contributed by atoms with Gasteiger partial charge in [-0.2, -0.15) is 0 Å². The Bertz CT molecular complexity index is 1100. The molecule has 0 saturated carbocycles. The Kier molecular flexibility index (Phi) is 3.93. The van der Waals surface area contributed by atoms with Crippen molar-refractivity contribution in [3.63, 3.8) is 0 Å². The van der Waals surface area contributed by atoms with Crippen molar-refractivity contribution in [2.45, 2.75) is 18.9 Å². The normalized spacial score (nSPS) is 20.7. The first kappa shape index (κ1) is 17.0. The molecule has 3 aromatic rings. The van der Waals surface area contributed by atoms with E-state index in [9.17, 15) is 9.59 Å². The van der Waals surface area contributed by atoms with Gasteiger partial charge in [0.15, 0.2) is 0 Å². The Labute approximate surface area is 163 Å². The van der Waals surface area contributed by atoms with Gasteiger partial charge >= 0.3 is 0 Å². The quantitative estimate of drug-likeness (QED) is 0.692. The second kappa shape index (κ2) is 6.48. The fourth-order valence-electron chi connectivity index (χ4n) is 4.65. The van der Waals surface area contributed by atoms with Gasteiger partial charge in [0.25, 0.3) is 11.5 Å². The number of nitrogens with zero attached hydrogens (tertiary/aromatic N) is 4. The van der Waals surface area contributed by atoms with Gasteiger partial charge in [-0.05, 0) is 29.5 Å². The highest BCUT2D eigenvalue weighted by atomic mass is 16.2. The molecule has 4 heterocycles. The molecule has 1 fully saturated rings. The number of pyridine rings is 1. The molecule has 2 aromatic heterocycles. The lowest BCUT2D eigenvalue weighted by Gasteiger charge is -2.42. The molecule has 6 nitrogen and oxygen atoms in total. The monoisotopic (exact) mass is 374 g/mol. The van der Waals surface area contributed by atoms with Crippen molar-refractivity contribution < 1.29 is 4.79 Å². The molecule has 1 saturated heterocycles. The minimum absolute atomic E-state index is 0.0183. The molecule has 142 valence electrons. The minimum atomic E-state index is 0.0183. The van der Waals surface area contributed by atoms with E-state index >= 15 is 0 Å². The third-order valence-electron chi connectivity index (χ3n) is 5.99. The Hall–Kier alpha value is -3.15. The number of aromatic nitrogens is 3. The third-order valence-corrected chi connectivity index (χ3v) is 5.99. The molecule has 0 aliphatic carbocycles. The lowest BCUT2D eigenvalue weighted by atomic mass is 9.82. The number of benzene rings is 1. The number of carbonyl (C=O) groups excluding carboxylic acids is 1. The summed E-state index contributed by atoms with van der Waals surface area (Å²) >= 11 is 0. The Morgan fingerprint density at radius 3 is 2.64 bits per heavy atom. The van der Waals surface area contributed by atoms with E-state index in [-0.39, 0.29) is 17.4 Å². The van der Waals surface area contributed by atoms with Crippen molar-refractivity contribution in [1.82, 2.24) is 19.0 Å². The van der Waals surface area contributed by atoms with Gasteiger partial charge in [0.05, 0.1) is 12.5 Å². The number of fused-ring (bicyclic) bond motifs is 4.